The normalized spacial score (nSPS) is 11.3. The van der Waals surface area contributed by atoms with Crippen molar-refractivity contribution in [1.82, 2.24) is 9.97 Å². The topological polar surface area (TPSA) is 98.2 Å². The number of benzene rings is 2. The van der Waals surface area contributed by atoms with Crippen molar-refractivity contribution in [3.63, 3.8) is 0 Å². The van der Waals surface area contributed by atoms with Crippen LogP contribution < -0.4 is 10.1 Å². The van der Waals surface area contributed by atoms with Crippen molar-refractivity contribution in [3.05, 3.63) is 77.2 Å². The monoisotopic (exact) mass is 439 g/mol. The van der Waals surface area contributed by atoms with E-state index in [1.165, 1.54) is 23.5 Å². The van der Waals surface area contributed by atoms with Gasteiger partial charge >= 0.3 is 0 Å². The van der Waals surface area contributed by atoms with Crippen molar-refractivity contribution < 1.29 is 17.9 Å². The predicted octanol–water partition coefficient (Wildman–Crippen LogP) is 3.68. The highest BCUT2D eigenvalue weighted by Gasteiger charge is 2.17. The summed E-state index contributed by atoms with van der Waals surface area (Å²) >= 11 is 1.29. The van der Waals surface area contributed by atoms with Gasteiger partial charge in [0.25, 0.3) is 5.91 Å². The molecule has 0 aliphatic heterocycles. The maximum atomic E-state index is 12.4. The van der Waals surface area contributed by atoms with Crippen LogP contribution in [-0.2, 0) is 20.4 Å². The van der Waals surface area contributed by atoms with Gasteiger partial charge in [-0.05, 0) is 36.4 Å². The van der Waals surface area contributed by atoms with E-state index in [1.807, 2.05) is 30.3 Å². The molecule has 2 aromatic carbocycles. The molecule has 4 rings (SSSR count). The highest BCUT2D eigenvalue weighted by molar-refractivity contribution is 7.90. The number of aromatic nitrogens is 2. The molecule has 30 heavy (non-hydrogen) atoms. The molecule has 0 fully saturated rings. The third kappa shape index (κ3) is 4.81. The van der Waals surface area contributed by atoms with Crippen LogP contribution in [0.25, 0.3) is 10.9 Å². The Hall–Kier alpha value is -3.30. The van der Waals surface area contributed by atoms with Gasteiger partial charge in [0.2, 0.25) is 5.88 Å². The van der Waals surface area contributed by atoms with Crippen LogP contribution in [-0.4, -0.2) is 30.9 Å². The van der Waals surface area contributed by atoms with Gasteiger partial charge in [-0.1, -0.05) is 18.2 Å². The number of carbonyl (C=O) groups excluding carboxylic acids is 1. The van der Waals surface area contributed by atoms with Crippen LogP contribution in [0, 0.1) is 0 Å². The molecule has 0 aliphatic rings. The lowest BCUT2D eigenvalue weighted by atomic mass is 10.2. The standard InChI is InChI=1S/C21H17N3O4S2/c25-19(13-28-20-10-5-15-3-1-2-4-18(15)24-20)23-16-6-8-17(9-7-16)30(26,27)14-21-22-11-12-29-21/h1-12H,13-14H2,(H,23,25). The minimum atomic E-state index is -3.49. The quantitative estimate of drug-likeness (QED) is 0.472. The van der Waals surface area contributed by atoms with Crippen LogP contribution in [0.5, 0.6) is 5.88 Å². The minimum absolute atomic E-state index is 0.150. The second-order valence-electron chi connectivity index (χ2n) is 6.39. The van der Waals surface area contributed by atoms with E-state index in [9.17, 15) is 13.2 Å². The van der Waals surface area contributed by atoms with Gasteiger partial charge in [0.05, 0.1) is 10.4 Å². The molecule has 0 aliphatic carbocycles. The summed E-state index contributed by atoms with van der Waals surface area (Å²) < 4.78 is 30.3. The van der Waals surface area contributed by atoms with E-state index >= 15 is 0 Å². The zero-order valence-electron chi connectivity index (χ0n) is 15.7. The first-order chi connectivity index (χ1) is 14.5. The van der Waals surface area contributed by atoms with Crippen molar-refractivity contribution in [2.24, 2.45) is 0 Å². The van der Waals surface area contributed by atoms with Gasteiger partial charge in [-0.25, -0.2) is 18.4 Å². The van der Waals surface area contributed by atoms with Gasteiger partial charge in [0.1, 0.15) is 10.8 Å². The lowest BCUT2D eigenvalue weighted by molar-refractivity contribution is -0.118. The van der Waals surface area contributed by atoms with Crippen LogP contribution in [0.15, 0.2) is 77.1 Å². The van der Waals surface area contributed by atoms with Gasteiger partial charge in [-0.2, -0.15) is 0 Å². The zero-order chi connectivity index (χ0) is 21.0. The molecule has 0 saturated carbocycles. The number of rotatable bonds is 7. The van der Waals surface area contributed by atoms with E-state index < -0.39 is 9.84 Å². The first-order valence-corrected chi connectivity index (χ1v) is 11.5. The Balaban J connectivity index is 1.35. The van der Waals surface area contributed by atoms with Crippen molar-refractivity contribution in [2.75, 3.05) is 11.9 Å². The van der Waals surface area contributed by atoms with Crippen LogP contribution in [0.1, 0.15) is 5.01 Å². The summed E-state index contributed by atoms with van der Waals surface area (Å²) in [5.74, 6) is -0.168. The molecule has 0 bridgehead atoms. The summed E-state index contributed by atoms with van der Waals surface area (Å²) in [7, 11) is -3.49. The fourth-order valence-electron chi connectivity index (χ4n) is 2.78. The molecule has 2 heterocycles. The number of nitrogens with one attached hydrogen (secondary N) is 1. The molecule has 2 aromatic heterocycles. The molecular weight excluding hydrogens is 422 g/mol. The van der Waals surface area contributed by atoms with E-state index in [0.717, 1.165) is 10.9 Å². The summed E-state index contributed by atoms with van der Waals surface area (Å²) in [6, 6.07) is 17.2. The van der Waals surface area contributed by atoms with Gasteiger partial charge < -0.3 is 10.1 Å². The first-order valence-electron chi connectivity index (χ1n) is 8.99. The van der Waals surface area contributed by atoms with Gasteiger partial charge in [-0.3, -0.25) is 4.79 Å². The molecule has 1 N–H and O–H groups in total. The first kappa shape index (κ1) is 20.0. The Labute approximate surface area is 177 Å². The van der Waals surface area contributed by atoms with E-state index in [-0.39, 0.29) is 23.2 Å². The summed E-state index contributed by atoms with van der Waals surface area (Å²) in [5.41, 5.74) is 1.26. The number of pyridine rings is 1. The SMILES string of the molecule is O=C(COc1ccc2ccccc2n1)Nc1ccc(S(=O)(=O)Cc2nccs2)cc1. The highest BCUT2D eigenvalue weighted by Crippen LogP contribution is 2.20. The van der Waals surface area contributed by atoms with Crippen molar-refractivity contribution in [2.45, 2.75) is 10.6 Å². The molecule has 4 aromatic rings. The minimum Gasteiger partial charge on any atom is -0.468 e. The summed E-state index contributed by atoms with van der Waals surface area (Å²) in [4.78, 5) is 20.7. The Morgan fingerprint density at radius 3 is 2.60 bits per heavy atom. The number of carbonyl (C=O) groups is 1. The number of hydrogen-bond donors (Lipinski definition) is 1. The molecule has 9 heteroatoms. The Morgan fingerprint density at radius 2 is 1.83 bits per heavy atom. The zero-order valence-corrected chi connectivity index (χ0v) is 17.3. The second-order valence-corrected chi connectivity index (χ2v) is 9.36. The highest BCUT2D eigenvalue weighted by atomic mass is 32.2. The molecule has 0 saturated heterocycles. The molecule has 0 unspecified atom stereocenters. The fourth-order valence-corrected chi connectivity index (χ4v) is 5.04. The Morgan fingerprint density at radius 1 is 1.03 bits per heavy atom. The van der Waals surface area contributed by atoms with E-state index in [2.05, 4.69) is 15.3 Å². The van der Waals surface area contributed by atoms with Crippen LogP contribution in [0.4, 0.5) is 5.69 Å². The number of hydrogen-bond acceptors (Lipinski definition) is 7. The predicted molar refractivity (Wildman–Crippen MR) is 115 cm³/mol. The average molecular weight is 440 g/mol. The van der Waals surface area contributed by atoms with Crippen LogP contribution in [0.3, 0.4) is 0 Å². The van der Waals surface area contributed by atoms with Gasteiger partial charge in [0.15, 0.2) is 16.4 Å². The molecule has 0 atom stereocenters. The molecular formula is C21H17N3O4S2. The number of nitrogens with zero attached hydrogens (tertiary/aromatic N) is 2. The van der Waals surface area contributed by atoms with Crippen molar-refractivity contribution in [3.8, 4) is 5.88 Å². The molecule has 152 valence electrons. The van der Waals surface area contributed by atoms with Crippen molar-refractivity contribution in [1.29, 1.82) is 0 Å². The fraction of sp³-hybridized carbons (Fsp3) is 0.0952. The van der Waals surface area contributed by atoms with Crippen LogP contribution in [0.2, 0.25) is 0 Å². The van der Waals surface area contributed by atoms with Gasteiger partial charge in [-0.15, -0.1) is 11.3 Å². The third-order valence-electron chi connectivity index (χ3n) is 4.22. The number of amides is 1. The maximum Gasteiger partial charge on any atom is 0.262 e. The second kappa shape index (κ2) is 8.60. The number of ether oxygens (including phenoxy) is 1. The van der Waals surface area contributed by atoms with Crippen molar-refractivity contribution >= 4 is 43.7 Å². The Bertz CT molecular complexity index is 1270. The summed E-state index contributed by atoms with van der Waals surface area (Å²) in [6.07, 6.45) is 1.57. The lowest BCUT2D eigenvalue weighted by Gasteiger charge is -2.08. The Kier molecular flexibility index (Phi) is 5.73. The molecule has 0 spiro atoms. The van der Waals surface area contributed by atoms with E-state index in [4.69, 9.17) is 4.74 Å². The number of thiazole rings is 1. The third-order valence-corrected chi connectivity index (χ3v) is 6.82. The molecule has 7 nitrogen and oxygen atoms in total. The maximum absolute atomic E-state index is 12.4. The van der Waals surface area contributed by atoms with E-state index in [0.29, 0.717) is 16.6 Å². The lowest BCUT2D eigenvalue weighted by Crippen LogP contribution is -2.20. The largest absolute Gasteiger partial charge is 0.468 e. The van der Waals surface area contributed by atoms with Crippen LogP contribution >= 0.6 is 11.3 Å². The molecule has 0 radical (unpaired) electrons. The number of anilines is 1. The van der Waals surface area contributed by atoms with E-state index in [1.54, 1.807) is 29.8 Å². The number of sulfone groups is 1. The smallest absolute Gasteiger partial charge is 0.262 e. The summed E-state index contributed by atoms with van der Waals surface area (Å²) in [6.45, 7) is -0.213. The number of fused-ring (bicyclic) bond motifs is 1. The summed E-state index contributed by atoms with van der Waals surface area (Å²) in [5, 5.41) is 5.93. The average Bonchev–Trinajstić information content (AvgIpc) is 3.25. The van der Waals surface area contributed by atoms with Gasteiger partial charge in [0, 0.05) is 28.7 Å². The molecule has 1 amide bonds. The number of para-hydroxylation sites is 1.